The Kier molecular flexibility index (Phi) is 13.4. The van der Waals surface area contributed by atoms with Gasteiger partial charge in [0.15, 0.2) is 0 Å². The molecule has 0 saturated heterocycles. The fraction of sp³-hybridized carbons (Fsp3) is 0.489. The van der Waals surface area contributed by atoms with Crippen molar-refractivity contribution in [2.75, 3.05) is 11.5 Å². The van der Waals surface area contributed by atoms with Gasteiger partial charge in [0, 0.05) is 16.8 Å². The second-order valence-corrected chi connectivity index (χ2v) is 15.7. The molecule has 51 heavy (non-hydrogen) atoms. The van der Waals surface area contributed by atoms with Crippen molar-refractivity contribution in [3.8, 4) is 23.0 Å². The summed E-state index contributed by atoms with van der Waals surface area (Å²) in [6.07, 6.45) is 25.1. The van der Waals surface area contributed by atoms with Gasteiger partial charge in [-0.1, -0.05) is 108 Å². The molecule has 0 radical (unpaired) electrons. The summed E-state index contributed by atoms with van der Waals surface area (Å²) in [5.41, 5.74) is 16.0. The van der Waals surface area contributed by atoms with Gasteiger partial charge in [-0.15, -0.1) is 0 Å². The van der Waals surface area contributed by atoms with Gasteiger partial charge in [-0.25, -0.2) is 0 Å². The predicted octanol–water partition coefficient (Wildman–Crippen LogP) is 13.6. The van der Waals surface area contributed by atoms with E-state index in [9.17, 15) is 0 Å². The van der Waals surface area contributed by atoms with Crippen LogP contribution in [0.4, 0.5) is 11.4 Å². The van der Waals surface area contributed by atoms with E-state index in [-0.39, 0.29) is 5.41 Å². The first kappa shape index (κ1) is 36.9. The van der Waals surface area contributed by atoms with E-state index in [4.69, 9.17) is 20.9 Å². The lowest BCUT2D eigenvalue weighted by molar-refractivity contribution is 0.140. The topological polar surface area (TPSA) is 70.5 Å². The van der Waals surface area contributed by atoms with Crippen molar-refractivity contribution in [2.24, 2.45) is 17.8 Å². The van der Waals surface area contributed by atoms with Gasteiger partial charge >= 0.3 is 0 Å². The van der Waals surface area contributed by atoms with Crippen LogP contribution in [0.25, 0.3) is 0 Å². The molecule has 0 spiro atoms. The molecule has 2 aliphatic carbocycles. The maximum Gasteiger partial charge on any atom is 0.127 e. The summed E-state index contributed by atoms with van der Waals surface area (Å²) in [6, 6.07) is 32.9. The molecule has 2 saturated carbocycles. The molecule has 0 bridgehead atoms. The van der Waals surface area contributed by atoms with Gasteiger partial charge in [0.2, 0.25) is 0 Å². The maximum atomic E-state index is 6.18. The zero-order valence-corrected chi connectivity index (χ0v) is 31.2. The van der Waals surface area contributed by atoms with Crippen LogP contribution in [0.3, 0.4) is 0 Å². The number of nitrogens with two attached hydrogens (primary N) is 2. The number of hydrogen-bond acceptors (Lipinski definition) is 4. The van der Waals surface area contributed by atoms with Gasteiger partial charge in [-0.3, -0.25) is 0 Å². The summed E-state index contributed by atoms with van der Waals surface area (Å²) < 4.78 is 12.4. The normalized spacial score (nSPS) is 19.1. The van der Waals surface area contributed by atoms with Crippen LogP contribution in [0.2, 0.25) is 0 Å². The lowest BCUT2D eigenvalue weighted by atomic mass is 9.60. The lowest BCUT2D eigenvalue weighted by Gasteiger charge is -2.44. The number of benzene rings is 4. The number of nitrogen functional groups attached to an aromatic ring is 2. The molecule has 0 amide bonds. The second-order valence-electron chi connectivity index (χ2n) is 15.7. The monoisotopic (exact) mass is 686 g/mol. The Balaban J connectivity index is 1.06. The minimum atomic E-state index is -0.0246. The Bertz CT molecular complexity index is 1470. The number of hydrogen-bond donors (Lipinski definition) is 2. The Morgan fingerprint density at radius 1 is 0.471 bits per heavy atom. The van der Waals surface area contributed by atoms with Gasteiger partial charge in [-0.2, -0.15) is 0 Å². The summed E-state index contributed by atoms with van der Waals surface area (Å²) in [7, 11) is 0. The van der Waals surface area contributed by atoms with Crippen molar-refractivity contribution in [1.82, 2.24) is 0 Å². The van der Waals surface area contributed by atoms with Crippen molar-refractivity contribution in [3.63, 3.8) is 0 Å². The van der Waals surface area contributed by atoms with Gasteiger partial charge in [0.1, 0.15) is 23.0 Å². The molecule has 4 nitrogen and oxygen atoms in total. The minimum absolute atomic E-state index is 0.0246. The molecule has 0 heterocycles. The average molecular weight is 687 g/mol. The van der Waals surface area contributed by atoms with Crippen LogP contribution in [-0.4, -0.2) is 0 Å². The van der Waals surface area contributed by atoms with Gasteiger partial charge in [0.25, 0.3) is 0 Å². The first-order chi connectivity index (χ1) is 25.0. The Morgan fingerprint density at radius 3 is 1.27 bits per heavy atom. The smallest absolute Gasteiger partial charge is 0.127 e. The molecule has 6 rings (SSSR count). The molecule has 272 valence electrons. The third-order valence-corrected chi connectivity index (χ3v) is 12.2. The van der Waals surface area contributed by atoms with Crippen LogP contribution in [-0.2, 0) is 5.41 Å². The number of ether oxygens (including phenoxy) is 2. The van der Waals surface area contributed by atoms with E-state index in [0.717, 1.165) is 52.1 Å². The summed E-state index contributed by atoms with van der Waals surface area (Å²) >= 11 is 0. The number of rotatable bonds is 17. The van der Waals surface area contributed by atoms with E-state index in [2.05, 4.69) is 55.5 Å². The standard InChI is InChI=1S/C47H62N2O2/c1-2-3-4-5-6-7-8-9-10-11-36-12-14-37(15-13-36)38-32-34-47(35-33-38,39-16-24-43(25-17-39)50-45-28-20-41(48)21-29-45)40-18-26-44(27-19-40)51-46-30-22-42(49)23-31-46/h16-31,36-38H,2-15,32-35,48-49H2,1H3/t36-,37-. The Hall–Kier alpha value is -3.92. The highest BCUT2D eigenvalue weighted by Crippen LogP contribution is 2.51. The summed E-state index contributed by atoms with van der Waals surface area (Å²) in [4.78, 5) is 0. The van der Waals surface area contributed by atoms with Crippen LogP contribution >= 0.6 is 0 Å². The predicted molar refractivity (Wildman–Crippen MR) is 215 cm³/mol. The zero-order chi connectivity index (χ0) is 35.3. The van der Waals surface area contributed by atoms with Crippen molar-refractivity contribution in [3.05, 3.63) is 108 Å². The van der Waals surface area contributed by atoms with Crippen molar-refractivity contribution in [1.29, 1.82) is 0 Å². The number of anilines is 2. The summed E-state index contributed by atoms with van der Waals surface area (Å²) in [6.45, 7) is 2.30. The third kappa shape index (κ3) is 10.3. The van der Waals surface area contributed by atoms with E-state index in [1.807, 2.05) is 48.5 Å². The van der Waals surface area contributed by atoms with E-state index >= 15 is 0 Å². The lowest BCUT2D eigenvalue weighted by Crippen LogP contribution is -2.35. The zero-order valence-electron chi connectivity index (χ0n) is 31.2. The van der Waals surface area contributed by atoms with Crippen LogP contribution < -0.4 is 20.9 Å². The Labute approximate surface area is 308 Å². The molecule has 0 aliphatic heterocycles. The fourth-order valence-corrected chi connectivity index (χ4v) is 9.07. The molecule has 2 fully saturated rings. The van der Waals surface area contributed by atoms with Gasteiger partial charge in [0.05, 0.1) is 0 Å². The molecule has 0 unspecified atom stereocenters. The first-order valence-corrected chi connectivity index (χ1v) is 20.3. The van der Waals surface area contributed by atoms with Crippen molar-refractivity contribution < 1.29 is 9.47 Å². The number of unbranched alkanes of at least 4 members (excludes halogenated alkanes) is 8. The molecule has 2 aliphatic rings. The van der Waals surface area contributed by atoms with Crippen LogP contribution in [0.15, 0.2) is 97.1 Å². The summed E-state index contributed by atoms with van der Waals surface area (Å²) in [5.74, 6) is 5.99. The van der Waals surface area contributed by atoms with Crippen molar-refractivity contribution in [2.45, 2.75) is 128 Å². The second kappa shape index (κ2) is 18.5. The molecule has 4 aromatic carbocycles. The van der Waals surface area contributed by atoms with E-state index < -0.39 is 0 Å². The van der Waals surface area contributed by atoms with E-state index in [1.165, 1.54) is 127 Å². The molecule has 0 aromatic heterocycles. The Morgan fingerprint density at radius 2 is 0.843 bits per heavy atom. The highest BCUT2D eigenvalue weighted by atomic mass is 16.5. The molecule has 4 aromatic rings. The van der Waals surface area contributed by atoms with Crippen LogP contribution in [0, 0.1) is 17.8 Å². The first-order valence-electron chi connectivity index (χ1n) is 20.3. The van der Waals surface area contributed by atoms with Crippen molar-refractivity contribution >= 4 is 11.4 Å². The van der Waals surface area contributed by atoms with Gasteiger partial charge in [-0.05, 0) is 140 Å². The maximum absolute atomic E-state index is 6.18. The highest BCUT2D eigenvalue weighted by Gasteiger charge is 2.41. The van der Waals surface area contributed by atoms with Crippen LogP contribution in [0.5, 0.6) is 23.0 Å². The largest absolute Gasteiger partial charge is 0.457 e. The quantitative estimate of drug-likeness (QED) is 0.0857. The average Bonchev–Trinajstić information content (AvgIpc) is 3.17. The molecule has 0 atom stereocenters. The highest BCUT2D eigenvalue weighted by molar-refractivity contribution is 5.47. The van der Waals surface area contributed by atoms with E-state index in [0.29, 0.717) is 0 Å². The molecular weight excluding hydrogens is 625 g/mol. The summed E-state index contributed by atoms with van der Waals surface area (Å²) in [5, 5.41) is 0. The molecular formula is C47H62N2O2. The van der Waals surface area contributed by atoms with Crippen LogP contribution in [0.1, 0.15) is 134 Å². The molecule has 4 N–H and O–H groups in total. The third-order valence-electron chi connectivity index (χ3n) is 12.2. The van der Waals surface area contributed by atoms with Gasteiger partial charge < -0.3 is 20.9 Å². The van der Waals surface area contributed by atoms with E-state index in [1.54, 1.807) is 0 Å². The minimum Gasteiger partial charge on any atom is -0.457 e. The fourth-order valence-electron chi connectivity index (χ4n) is 9.07. The SMILES string of the molecule is CCCCCCCCCCC[C@H]1CC[C@H](C2CCC(c3ccc(Oc4ccc(N)cc4)cc3)(c3ccc(Oc4ccc(N)cc4)cc3)CC2)CC1. The molecule has 4 heteroatoms.